The van der Waals surface area contributed by atoms with E-state index in [1.54, 1.807) is 12.1 Å². The molecule has 1 aromatic carbocycles. The highest BCUT2D eigenvalue weighted by Gasteiger charge is 2.30. The largest absolute Gasteiger partial charge is 0.379 e. The standard InChI is InChI=1S/C14H20Cl2N2O3S.ClH/c1-14(2,18-6-8-21-9-7-18)10-17-22(19,20)12-5-3-4-11(15)13(12)16;/h3-5,17H,6-10H2,1-2H3;1H. The monoisotopic (exact) mass is 402 g/mol. The lowest BCUT2D eigenvalue weighted by Gasteiger charge is -2.40. The van der Waals surface area contributed by atoms with Crippen molar-refractivity contribution in [1.29, 1.82) is 0 Å². The SMILES string of the molecule is CC(C)(CNS(=O)(=O)c1cccc(Cl)c1Cl)N1CCOCC1.Cl. The third-order valence-electron chi connectivity index (χ3n) is 3.77. The van der Waals surface area contributed by atoms with E-state index in [4.69, 9.17) is 27.9 Å². The van der Waals surface area contributed by atoms with Crippen LogP contribution in [0.25, 0.3) is 0 Å². The first-order chi connectivity index (χ1) is 10.2. The van der Waals surface area contributed by atoms with Gasteiger partial charge in [-0.05, 0) is 26.0 Å². The molecule has 1 aliphatic rings. The average molecular weight is 404 g/mol. The van der Waals surface area contributed by atoms with Crippen LogP contribution in [0.4, 0.5) is 0 Å². The van der Waals surface area contributed by atoms with Gasteiger partial charge < -0.3 is 4.74 Å². The first-order valence-electron chi connectivity index (χ1n) is 7.00. The Morgan fingerprint density at radius 2 is 1.87 bits per heavy atom. The van der Waals surface area contributed by atoms with Crippen molar-refractivity contribution in [3.8, 4) is 0 Å². The van der Waals surface area contributed by atoms with Crippen molar-refractivity contribution < 1.29 is 13.2 Å². The van der Waals surface area contributed by atoms with Crippen LogP contribution in [0.3, 0.4) is 0 Å². The molecule has 5 nitrogen and oxygen atoms in total. The molecule has 132 valence electrons. The van der Waals surface area contributed by atoms with E-state index < -0.39 is 10.0 Å². The van der Waals surface area contributed by atoms with Gasteiger partial charge >= 0.3 is 0 Å². The van der Waals surface area contributed by atoms with Crippen molar-refractivity contribution in [1.82, 2.24) is 9.62 Å². The van der Waals surface area contributed by atoms with Crippen molar-refractivity contribution in [2.75, 3.05) is 32.8 Å². The number of rotatable bonds is 5. The molecule has 0 aromatic heterocycles. The summed E-state index contributed by atoms with van der Waals surface area (Å²) in [4.78, 5) is 2.21. The van der Waals surface area contributed by atoms with Crippen LogP contribution in [0.15, 0.2) is 23.1 Å². The van der Waals surface area contributed by atoms with Gasteiger partial charge in [0.2, 0.25) is 10.0 Å². The van der Waals surface area contributed by atoms with Gasteiger partial charge in [0.05, 0.1) is 23.3 Å². The van der Waals surface area contributed by atoms with Gasteiger partial charge in [-0.15, -0.1) is 12.4 Å². The lowest BCUT2D eigenvalue weighted by molar-refractivity contribution is -0.00803. The van der Waals surface area contributed by atoms with E-state index in [2.05, 4.69) is 9.62 Å². The highest BCUT2D eigenvalue weighted by atomic mass is 35.5. The van der Waals surface area contributed by atoms with E-state index >= 15 is 0 Å². The Morgan fingerprint density at radius 1 is 1.26 bits per heavy atom. The van der Waals surface area contributed by atoms with Crippen LogP contribution in [-0.4, -0.2) is 51.7 Å². The Morgan fingerprint density at radius 3 is 2.48 bits per heavy atom. The van der Waals surface area contributed by atoms with E-state index in [-0.39, 0.29) is 39.4 Å². The molecule has 0 aliphatic carbocycles. The minimum absolute atomic E-state index is 0. The van der Waals surface area contributed by atoms with E-state index in [0.29, 0.717) is 13.2 Å². The Balaban J connectivity index is 0.00000264. The predicted molar refractivity (Wildman–Crippen MR) is 95.4 cm³/mol. The van der Waals surface area contributed by atoms with Crippen LogP contribution in [0.5, 0.6) is 0 Å². The molecule has 1 fully saturated rings. The topological polar surface area (TPSA) is 58.6 Å². The molecule has 2 rings (SSSR count). The highest BCUT2D eigenvalue weighted by molar-refractivity contribution is 7.89. The summed E-state index contributed by atoms with van der Waals surface area (Å²) in [6.07, 6.45) is 0. The second-order valence-corrected chi connectivity index (χ2v) is 8.31. The van der Waals surface area contributed by atoms with Gasteiger partial charge in [-0.3, -0.25) is 4.90 Å². The van der Waals surface area contributed by atoms with E-state index in [9.17, 15) is 8.42 Å². The molecule has 0 bridgehead atoms. The van der Waals surface area contributed by atoms with Crippen molar-refractivity contribution in [3.63, 3.8) is 0 Å². The quantitative estimate of drug-likeness (QED) is 0.821. The third kappa shape index (κ3) is 5.19. The Kier molecular flexibility index (Phi) is 7.60. The molecule has 0 unspecified atom stereocenters. The molecular weight excluding hydrogens is 383 g/mol. The molecule has 0 amide bonds. The van der Waals surface area contributed by atoms with Gasteiger partial charge in [-0.2, -0.15) is 0 Å². The lowest BCUT2D eigenvalue weighted by atomic mass is 10.0. The van der Waals surface area contributed by atoms with Crippen LogP contribution in [-0.2, 0) is 14.8 Å². The van der Waals surface area contributed by atoms with Gasteiger partial charge in [0, 0.05) is 25.2 Å². The van der Waals surface area contributed by atoms with Crippen LogP contribution in [0.1, 0.15) is 13.8 Å². The van der Waals surface area contributed by atoms with E-state index in [0.717, 1.165) is 13.1 Å². The molecule has 1 aromatic rings. The van der Waals surface area contributed by atoms with Gasteiger partial charge in [-0.25, -0.2) is 13.1 Å². The molecule has 1 N–H and O–H groups in total. The van der Waals surface area contributed by atoms with Crippen molar-refractivity contribution in [3.05, 3.63) is 28.2 Å². The lowest BCUT2D eigenvalue weighted by Crippen LogP contribution is -2.55. The summed E-state index contributed by atoms with van der Waals surface area (Å²) in [7, 11) is -3.71. The van der Waals surface area contributed by atoms with Gasteiger partial charge in [0.25, 0.3) is 0 Å². The summed E-state index contributed by atoms with van der Waals surface area (Å²) in [5.41, 5.74) is -0.318. The fourth-order valence-electron chi connectivity index (χ4n) is 2.32. The second-order valence-electron chi connectivity index (χ2n) is 5.79. The van der Waals surface area contributed by atoms with Crippen molar-refractivity contribution in [2.24, 2.45) is 0 Å². The first-order valence-corrected chi connectivity index (χ1v) is 9.24. The molecule has 0 saturated carbocycles. The number of ether oxygens (including phenoxy) is 1. The number of nitrogens with zero attached hydrogens (tertiary/aromatic N) is 1. The van der Waals surface area contributed by atoms with E-state index in [1.807, 2.05) is 13.8 Å². The van der Waals surface area contributed by atoms with Crippen LogP contribution in [0, 0.1) is 0 Å². The Bertz CT molecular complexity index is 632. The number of benzene rings is 1. The average Bonchev–Trinajstić information content (AvgIpc) is 2.49. The van der Waals surface area contributed by atoms with Crippen LogP contribution >= 0.6 is 35.6 Å². The maximum atomic E-state index is 12.4. The summed E-state index contributed by atoms with van der Waals surface area (Å²) < 4.78 is 32.8. The molecule has 23 heavy (non-hydrogen) atoms. The van der Waals surface area contributed by atoms with Crippen LogP contribution < -0.4 is 4.72 Å². The third-order valence-corrected chi connectivity index (χ3v) is 6.14. The maximum absolute atomic E-state index is 12.4. The Labute approximate surface area is 153 Å². The number of sulfonamides is 1. The summed E-state index contributed by atoms with van der Waals surface area (Å²) in [5, 5.41) is 0.262. The summed E-state index contributed by atoms with van der Waals surface area (Å²) in [6, 6.07) is 4.56. The molecule has 1 aliphatic heterocycles. The first kappa shape index (κ1) is 21.0. The molecule has 1 heterocycles. The Hall–Kier alpha value is -0.0800. The smallest absolute Gasteiger partial charge is 0.242 e. The van der Waals surface area contributed by atoms with Gasteiger partial charge in [-0.1, -0.05) is 29.3 Å². The fourth-order valence-corrected chi connectivity index (χ4v) is 4.29. The molecular formula is C14H21Cl3N2O3S. The van der Waals surface area contributed by atoms with Crippen molar-refractivity contribution in [2.45, 2.75) is 24.3 Å². The summed E-state index contributed by atoms with van der Waals surface area (Å²) in [6.45, 7) is 7.17. The molecule has 0 spiro atoms. The fraction of sp³-hybridized carbons (Fsp3) is 0.571. The minimum atomic E-state index is -3.71. The number of nitrogens with one attached hydrogen (secondary N) is 1. The normalized spacial score (nSPS) is 16.9. The highest BCUT2D eigenvalue weighted by Crippen LogP contribution is 2.29. The number of hydrogen-bond donors (Lipinski definition) is 1. The van der Waals surface area contributed by atoms with Gasteiger partial charge in [0.15, 0.2) is 0 Å². The predicted octanol–water partition coefficient (Wildman–Crippen LogP) is 2.80. The molecule has 0 atom stereocenters. The van der Waals surface area contributed by atoms with Crippen molar-refractivity contribution >= 4 is 45.6 Å². The zero-order chi connectivity index (χ0) is 16.4. The number of halogens is 3. The summed E-state index contributed by atoms with van der Waals surface area (Å²) in [5.74, 6) is 0. The summed E-state index contributed by atoms with van der Waals surface area (Å²) >= 11 is 11.9. The second kappa shape index (κ2) is 8.34. The zero-order valence-electron chi connectivity index (χ0n) is 13.0. The molecule has 1 saturated heterocycles. The zero-order valence-corrected chi connectivity index (χ0v) is 16.2. The maximum Gasteiger partial charge on any atom is 0.242 e. The van der Waals surface area contributed by atoms with E-state index in [1.165, 1.54) is 6.07 Å². The number of morpholine rings is 1. The number of hydrogen-bond acceptors (Lipinski definition) is 4. The van der Waals surface area contributed by atoms with Crippen LogP contribution in [0.2, 0.25) is 10.0 Å². The van der Waals surface area contributed by atoms with Gasteiger partial charge in [0.1, 0.15) is 4.90 Å². The minimum Gasteiger partial charge on any atom is -0.379 e. The molecule has 0 radical (unpaired) electrons. The molecule has 9 heteroatoms.